The molecule has 0 N–H and O–H groups in total. The van der Waals surface area contributed by atoms with E-state index in [9.17, 15) is 9.59 Å². The maximum absolute atomic E-state index is 11.8. The summed E-state index contributed by atoms with van der Waals surface area (Å²) in [5.74, 6) is 0.960. The maximum atomic E-state index is 11.8. The van der Waals surface area contributed by atoms with Gasteiger partial charge in [0.15, 0.2) is 0 Å². The molecule has 0 saturated carbocycles. The second-order valence-electron chi connectivity index (χ2n) is 5.37. The fourth-order valence-corrected chi connectivity index (χ4v) is 2.07. The van der Waals surface area contributed by atoms with Crippen LogP contribution in [0.5, 0.6) is 11.5 Å². The average Bonchev–Trinajstić information content (AvgIpc) is 2.60. The molecule has 0 unspecified atom stereocenters. The highest BCUT2D eigenvalue weighted by Crippen LogP contribution is 2.15. The fraction of sp³-hybridized carbons (Fsp3) is 0.200. The van der Waals surface area contributed by atoms with Gasteiger partial charge in [-0.15, -0.1) is 0 Å². The molecule has 2 aromatic carbocycles. The monoisotopic (exact) mass is 324 g/mol. The molecule has 0 aromatic heterocycles. The molecule has 0 fully saturated rings. The summed E-state index contributed by atoms with van der Waals surface area (Å²) in [6, 6.07) is 14.5. The smallest absolute Gasteiger partial charge is 0.336 e. The van der Waals surface area contributed by atoms with Crippen LogP contribution in [0.3, 0.4) is 0 Å². The van der Waals surface area contributed by atoms with Gasteiger partial charge in [-0.2, -0.15) is 0 Å². The van der Waals surface area contributed by atoms with E-state index in [2.05, 4.69) is 0 Å². The normalized spacial score (nSPS) is 10.6. The summed E-state index contributed by atoms with van der Waals surface area (Å²) in [5, 5.41) is 0. The molecule has 0 amide bonds. The summed E-state index contributed by atoms with van der Waals surface area (Å²) in [6.07, 6.45) is 4.28. The lowest BCUT2D eigenvalue weighted by Crippen LogP contribution is -2.03. The Hall–Kier alpha value is -2.88. The van der Waals surface area contributed by atoms with E-state index in [-0.39, 0.29) is 5.78 Å². The molecular weight excluding hydrogens is 304 g/mol. The number of aryl methyl sites for hydroxylation is 1. The van der Waals surface area contributed by atoms with Crippen LogP contribution in [-0.2, 0) is 16.0 Å². The van der Waals surface area contributed by atoms with Gasteiger partial charge in [-0.1, -0.05) is 24.3 Å². The van der Waals surface area contributed by atoms with Crippen molar-refractivity contribution in [2.75, 3.05) is 7.11 Å². The minimum atomic E-state index is -0.442. The summed E-state index contributed by atoms with van der Waals surface area (Å²) in [7, 11) is 1.60. The van der Waals surface area contributed by atoms with Crippen LogP contribution >= 0.6 is 0 Å². The van der Waals surface area contributed by atoms with Crippen LogP contribution < -0.4 is 9.47 Å². The first-order valence-electron chi connectivity index (χ1n) is 7.69. The Labute approximate surface area is 141 Å². The fourth-order valence-electron chi connectivity index (χ4n) is 2.07. The number of benzene rings is 2. The molecule has 4 nitrogen and oxygen atoms in total. The Balaban J connectivity index is 1.89. The summed E-state index contributed by atoms with van der Waals surface area (Å²) < 4.78 is 10.3. The molecule has 0 spiro atoms. The summed E-state index contributed by atoms with van der Waals surface area (Å²) >= 11 is 0. The average molecular weight is 324 g/mol. The van der Waals surface area contributed by atoms with Gasteiger partial charge in [-0.25, -0.2) is 4.79 Å². The van der Waals surface area contributed by atoms with Crippen LogP contribution in [0.25, 0.3) is 6.08 Å². The lowest BCUT2D eigenvalue weighted by Gasteiger charge is -2.03. The predicted molar refractivity (Wildman–Crippen MR) is 93.1 cm³/mol. The summed E-state index contributed by atoms with van der Waals surface area (Å²) in [5.41, 5.74) is 1.92. The Morgan fingerprint density at radius 3 is 2.17 bits per heavy atom. The van der Waals surface area contributed by atoms with Crippen LogP contribution in [0.4, 0.5) is 0 Å². The number of Topliss-reactive ketones (excluding diaryl/α,β-unsaturated/α-hetero) is 1. The quantitative estimate of drug-likeness (QED) is 0.441. The second kappa shape index (κ2) is 8.67. The number of carbonyl (C=O) groups excluding carboxylic acids is 2. The zero-order chi connectivity index (χ0) is 17.4. The standard InChI is InChI=1S/C20H20O4/c1-15(21)3-4-16-7-12-19(13-8-16)24-20(22)14-9-17-5-10-18(23-2)11-6-17/h5-14H,3-4H2,1-2H3/b14-9+. The second-order valence-corrected chi connectivity index (χ2v) is 5.37. The van der Waals surface area contributed by atoms with E-state index in [0.717, 1.165) is 16.9 Å². The minimum absolute atomic E-state index is 0.161. The van der Waals surface area contributed by atoms with Crippen molar-refractivity contribution in [1.82, 2.24) is 0 Å². The van der Waals surface area contributed by atoms with Gasteiger partial charge < -0.3 is 14.3 Å². The highest BCUT2D eigenvalue weighted by molar-refractivity contribution is 5.88. The van der Waals surface area contributed by atoms with E-state index in [1.165, 1.54) is 6.08 Å². The van der Waals surface area contributed by atoms with Gasteiger partial charge >= 0.3 is 5.97 Å². The van der Waals surface area contributed by atoms with E-state index in [4.69, 9.17) is 9.47 Å². The van der Waals surface area contributed by atoms with Crippen molar-refractivity contribution in [2.24, 2.45) is 0 Å². The van der Waals surface area contributed by atoms with Gasteiger partial charge in [0.05, 0.1) is 7.11 Å². The number of ketones is 1. The number of ether oxygens (including phenoxy) is 2. The molecule has 0 aliphatic rings. The maximum Gasteiger partial charge on any atom is 0.336 e. The summed E-state index contributed by atoms with van der Waals surface area (Å²) in [6.45, 7) is 1.57. The van der Waals surface area contributed by atoms with Gasteiger partial charge in [0.1, 0.15) is 17.3 Å². The number of rotatable bonds is 7. The number of hydrogen-bond acceptors (Lipinski definition) is 4. The van der Waals surface area contributed by atoms with E-state index in [1.54, 1.807) is 32.2 Å². The third kappa shape index (κ3) is 5.72. The molecule has 0 saturated heterocycles. The van der Waals surface area contributed by atoms with E-state index in [0.29, 0.717) is 18.6 Å². The van der Waals surface area contributed by atoms with Crippen molar-refractivity contribution in [3.05, 3.63) is 65.7 Å². The lowest BCUT2D eigenvalue weighted by molar-refractivity contribution is -0.128. The Bertz CT molecular complexity index is 712. The van der Waals surface area contributed by atoms with Crippen LogP contribution in [0, 0.1) is 0 Å². The number of carbonyl (C=O) groups is 2. The van der Waals surface area contributed by atoms with E-state index >= 15 is 0 Å². The van der Waals surface area contributed by atoms with Gasteiger partial charge in [-0.3, -0.25) is 0 Å². The van der Waals surface area contributed by atoms with Gasteiger partial charge in [0, 0.05) is 12.5 Å². The lowest BCUT2D eigenvalue weighted by atomic mass is 10.1. The van der Waals surface area contributed by atoms with Crippen molar-refractivity contribution in [3.8, 4) is 11.5 Å². The number of hydrogen-bond donors (Lipinski definition) is 0. The zero-order valence-corrected chi connectivity index (χ0v) is 13.8. The molecule has 0 heterocycles. The topological polar surface area (TPSA) is 52.6 Å². The Morgan fingerprint density at radius 2 is 1.58 bits per heavy atom. The van der Waals surface area contributed by atoms with Crippen LogP contribution in [0.1, 0.15) is 24.5 Å². The van der Waals surface area contributed by atoms with Crippen LogP contribution in [-0.4, -0.2) is 18.9 Å². The molecule has 2 rings (SSSR count). The first kappa shape index (κ1) is 17.5. The predicted octanol–water partition coefficient (Wildman–Crippen LogP) is 3.84. The molecule has 4 heteroatoms. The largest absolute Gasteiger partial charge is 0.497 e. The van der Waals surface area contributed by atoms with Crippen LogP contribution in [0.2, 0.25) is 0 Å². The van der Waals surface area contributed by atoms with Gasteiger partial charge in [-0.05, 0) is 54.8 Å². The van der Waals surface area contributed by atoms with Gasteiger partial charge in [0.2, 0.25) is 0 Å². The third-order valence-corrected chi connectivity index (χ3v) is 3.44. The third-order valence-electron chi connectivity index (χ3n) is 3.44. The molecule has 0 bridgehead atoms. The Kier molecular flexibility index (Phi) is 6.32. The number of methoxy groups -OCH3 is 1. The van der Waals surface area contributed by atoms with E-state index < -0.39 is 5.97 Å². The molecule has 24 heavy (non-hydrogen) atoms. The van der Waals surface area contributed by atoms with Crippen molar-refractivity contribution < 1.29 is 19.1 Å². The SMILES string of the molecule is COc1ccc(/C=C/C(=O)Oc2ccc(CCC(C)=O)cc2)cc1. The Morgan fingerprint density at radius 1 is 0.958 bits per heavy atom. The van der Waals surface area contributed by atoms with E-state index in [1.807, 2.05) is 36.4 Å². The van der Waals surface area contributed by atoms with Crippen molar-refractivity contribution >= 4 is 17.8 Å². The molecule has 0 atom stereocenters. The molecule has 0 aliphatic heterocycles. The van der Waals surface area contributed by atoms with Crippen molar-refractivity contribution in [3.63, 3.8) is 0 Å². The molecular formula is C20H20O4. The van der Waals surface area contributed by atoms with Crippen LogP contribution in [0.15, 0.2) is 54.6 Å². The molecule has 124 valence electrons. The van der Waals surface area contributed by atoms with Crippen molar-refractivity contribution in [1.29, 1.82) is 0 Å². The van der Waals surface area contributed by atoms with Gasteiger partial charge in [0.25, 0.3) is 0 Å². The molecule has 0 radical (unpaired) electrons. The minimum Gasteiger partial charge on any atom is -0.497 e. The first-order chi connectivity index (χ1) is 11.6. The first-order valence-corrected chi connectivity index (χ1v) is 7.69. The highest BCUT2D eigenvalue weighted by atomic mass is 16.5. The molecule has 2 aromatic rings. The highest BCUT2D eigenvalue weighted by Gasteiger charge is 2.02. The molecule has 0 aliphatic carbocycles. The number of esters is 1. The van der Waals surface area contributed by atoms with Crippen molar-refractivity contribution in [2.45, 2.75) is 19.8 Å². The summed E-state index contributed by atoms with van der Waals surface area (Å²) in [4.78, 5) is 22.8. The zero-order valence-electron chi connectivity index (χ0n) is 13.8.